The molecule has 143 valence electrons. The Balaban J connectivity index is 1.67. The summed E-state index contributed by atoms with van der Waals surface area (Å²) in [7, 11) is 0. The fourth-order valence-corrected chi connectivity index (χ4v) is 5.94. The Morgan fingerprint density at radius 3 is 2.79 bits per heavy atom. The Bertz CT molecular complexity index is 1300. The standard InChI is InChI=1S/C21H17AsFN6/c1-2-15(22-19-18-20(26-11-24-18)27-12-25-19)21-28-16-9-8-13(23)10-17(16)29(21)14-6-4-3-5-7-14/h3-12,15H,2H2,1H3,(H,24,25,26,27). The maximum atomic E-state index is 14.0. The van der Waals surface area contributed by atoms with E-state index in [9.17, 15) is 4.39 Å². The van der Waals surface area contributed by atoms with E-state index in [0.717, 1.165) is 39.0 Å². The number of rotatable bonds is 5. The Labute approximate surface area is 172 Å². The molecule has 5 aromatic rings. The van der Waals surface area contributed by atoms with Gasteiger partial charge >= 0.3 is 173 Å². The molecule has 6 nitrogen and oxygen atoms in total. The molecule has 0 spiro atoms. The molecule has 0 amide bonds. The Morgan fingerprint density at radius 1 is 1.10 bits per heavy atom. The average Bonchev–Trinajstić information content (AvgIpc) is 3.37. The van der Waals surface area contributed by atoms with Crippen LogP contribution in [0, 0.1) is 5.82 Å². The second-order valence-corrected chi connectivity index (χ2v) is 9.36. The number of H-pyrrole nitrogens is 1. The number of nitrogens with zero attached hydrogens (tertiary/aromatic N) is 5. The summed E-state index contributed by atoms with van der Waals surface area (Å²) in [6.45, 7) is 2.15. The van der Waals surface area contributed by atoms with E-state index in [-0.39, 0.29) is 26.3 Å². The number of halogens is 1. The summed E-state index contributed by atoms with van der Waals surface area (Å²) >= 11 is -0.367. The number of hydrogen-bond donors (Lipinski definition) is 1. The molecule has 0 aliphatic heterocycles. The summed E-state index contributed by atoms with van der Waals surface area (Å²) < 4.78 is 17.3. The molecule has 0 saturated heterocycles. The van der Waals surface area contributed by atoms with Crippen LogP contribution in [-0.2, 0) is 0 Å². The fraction of sp³-hybridized carbons (Fsp3) is 0.143. The van der Waals surface area contributed by atoms with Gasteiger partial charge in [-0.1, -0.05) is 0 Å². The first-order valence-corrected chi connectivity index (χ1v) is 11.3. The SMILES string of the molecule is CCC([As]c1ncnc2nc[nH]c12)c1nc2ccc(F)cc2n1-c1ccccc1. The second-order valence-electron chi connectivity index (χ2n) is 6.63. The maximum absolute atomic E-state index is 14.0. The molecule has 0 fully saturated rings. The topological polar surface area (TPSA) is 72.3 Å². The van der Waals surface area contributed by atoms with Gasteiger partial charge in [0, 0.05) is 0 Å². The third-order valence-corrected chi connectivity index (χ3v) is 7.95. The summed E-state index contributed by atoms with van der Waals surface area (Å²) in [5, 5.41) is 0. The van der Waals surface area contributed by atoms with Crippen LogP contribution in [0.2, 0.25) is 0 Å². The van der Waals surface area contributed by atoms with E-state index in [1.165, 1.54) is 6.07 Å². The van der Waals surface area contributed by atoms with Crippen molar-refractivity contribution in [2.75, 3.05) is 0 Å². The van der Waals surface area contributed by atoms with Crippen LogP contribution in [0.25, 0.3) is 27.9 Å². The molecule has 0 aliphatic carbocycles. The van der Waals surface area contributed by atoms with Gasteiger partial charge in [0.2, 0.25) is 0 Å². The molecule has 3 heterocycles. The number of aromatic nitrogens is 6. The summed E-state index contributed by atoms with van der Waals surface area (Å²) in [5.74, 6) is 0.669. The van der Waals surface area contributed by atoms with E-state index < -0.39 is 0 Å². The van der Waals surface area contributed by atoms with Crippen LogP contribution in [0.15, 0.2) is 61.2 Å². The Hall–Kier alpha value is -3.05. The number of imidazole rings is 2. The predicted octanol–water partition coefficient (Wildman–Crippen LogP) is 3.31. The van der Waals surface area contributed by atoms with Crippen molar-refractivity contribution < 1.29 is 4.39 Å². The van der Waals surface area contributed by atoms with Gasteiger partial charge in [-0.3, -0.25) is 0 Å². The molecule has 1 radical (unpaired) electrons. The summed E-state index contributed by atoms with van der Waals surface area (Å²) in [6, 6.07) is 14.8. The van der Waals surface area contributed by atoms with Gasteiger partial charge in [0.15, 0.2) is 0 Å². The van der Waals surface area contributed by atoms with Crippen LogP contribution in [0.3, 0.4) is 0 Å². The van der Waals surface area contributed by atoms with Crippen molar-refractivity contribution in [2.24, 2.45) is 0 Å². The van der Waals surface area contributed by atoms with Crippen LogP contribution in [-0.4, -0.2) is 45.2 Å². The van der Waals surface area contributed by atoms with Crippen LogP contribution in [0.5, 0.6) is 0 Å². The van der Waals surface area contributed by atoms with Gasteiger partial charge in [0.1, 0.15) is 0 Å². The van der Waals surface area contributed by atoms with Crippen LogP contribution >= 0.6 is 0 Å². The van der Waals surface area contributed by atoms with E-state index in [1.54, 1.807) is 24.8 Å². The molecule has 2 aromatic carbocycles. The Morgan fingerprint density at radius 2 is 1.97 bits per heavy atom. The van der Waals surface area contributed by atoms with Gasteiger partial charge < -0.3 is 0 Å². The Kier molecular flexibility index (Phi) is 4.60. The molecule has 1 atom stereocenters. The van der Waals surface area contributed by atoms with Crippen molar-refractivity contribution in [3.05, 3.63) is 72.8 Å². The minimum absolute atomic E-state index is 0.184. The summed E-state index contributed by atoms with van der Waals surface area (Å²) in [6.07, 6.45) is 4.11. The molecule has 0 aliphatic rings. The van der Waals surface area contributed by atoms with Gasteiger partial charge in [-0.15, -0.1) is 0 Å². The predicted molar refractivity (Wildman–Crippen MR) is 111 cm³/mol. The molecule has 8 heteroatoms. The minimum atomic E-state index is -0.367. The zero-order valence-corrected chi connectivity index (χ0v) is 17.5. The van der Waals surface area contributed by atoms with Crippen molar-refractivity contribution >= 4 is 42.4 Å². The quantitative estimate of drug-likeness (QED) is 0.420. The summed E-state index contributed by atoms with van der Waals surface area (Å²) in [5.41, 5.74) is 4.11. The first kappa shape index (κ1) is 18.0. The number of fused-ring (bicyclic) bond motifs is 2. The molecular formula is C21H17AsFN6. The van der Waals surface area contributed by atoms with Gasteiger partial charge in [-0.25, -0.2) is 0 Å². The number of benzene rings is 2. The molecule has 29 heavy (non-hydrogen) atoms. The van der Waals surface area contributed by atoms with Crippen LogP contribution < -0.4 is 4.48 Å². The number of aromatic amines is 1. The second kappa shape index (κ2) is 7.41. The van der Waals surface area contributed by atoms with Crippen LogP contribution in [0.1, 0.15) is 23.9 Å². The third kappa shape index (κ3) is 3.21. The number of para-hydroxylation sites is 1. The van der Waals surface area contributed by atoms with Crippen molar-refractivity contribution in [1.29, 1.82) is 0 Å². The van der Waals surface area contributed by atoms with E-state index >= 15 is 0 Å². The number of nitrogens with one attached hydrogen (secondary N) is 1. The normalized spacial score (nSPS) is 13.0. The van der Waals surface area contributed by atoms with Crippen molar-refractivity contribution in [1.82, 2.24) is 29.5 Å². The monoisotopic (exact) mass is 447 g/mol. The van der Waals surface area contributed by atoms with Gasteiger partial charge in [0.25, 0.3) is 0 Å². The van der Waals surface area contributed by atoms with Crippen molar-refractivity contribution in [3.63, 3.8) is 0 Å². The zero-order chi connectivity index (χ0) is 19.8. The zero-order valence-electron chi connectivity index (χ0n) is 15.6. The molecule has 1 N–H and O–H groups in total. The average molecular weight is 447 g/mol. The first-order chi connectivity index (χ1) is 14.2. The molecule has 0 bridgehead atoms. The van der Waals surface area contributed by atoms with E-state index in [0.29, 0.717) is 5.65 Å². The van der Waals surface area contributed by atoms with Crippen LogP contribution in [0.4, 0.5) is 4.39 Å². The van der Waals surface area contributed by atoms with Gasteiger partial charge in [-0.2, -0.15) is 0 Å². The fourth-order valence-electron chi connectivity index (χ4n) is 3.47. The van der Waals surface area contributed by atoms with Crippen molar-refractivity contribution in [3.8, 4) is 5.69 Å². The molecular weight excluding hydrogens is 430 g/mol. The molecule has 5 rings (SSSR count). The summed E-state index contributed by atoms with van der Waals surface area (Å²) in [4.78, 5) is 21.1. The molecule has 3 aromatic heterocycles. The molecule has 0 saturated carbocycles. The van der Waals surface area contributed by atoms with E-state index in [4.69, 9.17) is 4.98 Å². The first-order valence-electron chi connectivity index (χ1n) is 9.33. The molecule has 1 unspecified atom stereocenters. The number of hydrogen-bond acceptors (Lipinski definition) is 4. The van der Waals surface area contributed by atoms with E-state index in [1.807, 2.05) is 30.3 Å². The van der Waals surface area contributed by atoms with Crippen molar-refractivity contribution in [2.45, 2.75) is 18.1 Å². The van der Waals surface area contributed by atoms with Gasteiger partial charge in [-0.05, 0) is 0 Å². The van der Waals surface area contributed by atoms with Gasteiger partial charge in [0.05, 0.1) is 0 Å². The third-order valence-electron chi connectivity index (χ3n) is 4.82. The van der Waals surface area contributed by atoms with E-state index in [2.05, 4.69) is 31.4 Å².